The first-order chi connectivity index (χ1) is 16.2. The molecule has 0 aliphatic carbocycles. The maximum absolute atomic E-state index is 14.3. The second-order valence-corrected chi connectivity index (χ2v) is 8.55. The van der Waals surface area contributed by atoms with Crippen LogP contribution in [0.4, 0.5) is 10.1 Å². The highest BCUT2D eigenvalue weighted by Crippen LogP contribution is 2.30. The summed E-state index contributed by atoms with van der Waals surface area (Å²) in [4.78, 5) is 4.45. The Morgan fingerprint density at radius 3 is 2.27 bits per heavy atom. The van der Waals surface area contributed by atoms with Gasteiger partial charge < -0.3 is 4.90 Å². The molecule has 1 atom stereocenters. The molecule has 1 aromatic heterocycles. The monoisotopic (exact) mass is 462 g/mol. The van der Waals surface area contributed by atoms with Crippen LogP contribution in [0.2, 0.25) is 5.02 Å². The van der Waals surface area contributed by atoms with Crippen LogP contribution in [0, 0.1) is 5.82 Å². The third-order valence-electron chi connectivity index (χ3n) is 6.04. The van der Waals surface area contributed by atoms with Crippen molar-refractivity contribution in [2.45, 2.75) is 12.6 Å². The summed E-state index contributed by atoms with van der Waals surface area (Å²) in [6.45, 7) is 3.51. The fraction of sp³-hybridized carbons (Fsp3) is 0.240. The third kappa shape index (κ3) is 4.74. The van der Waals surface area contributed by atoms with Crippen molar-refractivity contribution in [1.82, 2.24) is 25.1 Å². The Kier molecular flexibility index (Phi) is 6.32. The lowest BCUT2D eigenvalue weighted by molar-refractivity contribution is 0.201. The van der Waals surface area contributed by atoms with Gasteiger partial charge in [-0.1, -0.05) is 66.2 Å². The Hall–Kier alpha value is -3.29. The summed E-state index contributed by atoms with van der Waals surface area (Å²) in [5.74, 6) is 0.590. The van der Waals surface area contributed by atoms with Gasteiger partial charge in [-0.25, -0.2) is 9.07 Å². The number of rotatable bonds is 6. The smallest absolute Gasteiger partial charge is 0.173 e. The van der Waals surface area contributed by atoms with Crippen LogP contribution >= 0.6 is 11.6 Å². The van der Waals surface area contributed by atoms with Gasteiger partial charge in [0.05, 0.1) is 18.3 Å². The zero-order chi connectivity index (χ0) is 22.6. The van der Waals surface area contributed by atoms with Gasteiger partial charge in [0, 0.05) is 31.2 Å². The maximum atomic E-state index is 14.3. The molecule has 0 radical (unpaired) electrons. The Labute approximate surface area is 197 Å². The Balaban J connectivity index is 1.43. The van der Waals surface area contributed by atoms with E-state index in [0.717, 1.165) is 30.0 Å². The van der Waals surface area contributed by atoms with Crippen molar-refractivity contribution < 1.29 is 4.39 Å². The number of piperazine rings is 1. The molecular weight excluding hydrogens is 439 g/mol. The minimum atomic E-state index is -0.188. The maximum Gasteiger partial charge on any atom is 0.173 e. The lowest BCUT2D eigenvalue weighted by Crippen LogP contribution is -2.48. The lowest BCUT2D eigenvalue weighted by atomic mass is 10.0. The van der Waals surface area contributed by atoms with Gasteiger partial charge >= 0.3 is 0 Å². The number of para-hydroxylation sites is 1. The zero-order valence-corrected chi connectivity index (χ0v) is 18.8. The molecule has 0 saturated carbocycles. The molecule has 0 bridgehead atoms. The van der Waals surface area contributed by atoms with Gasteiger partial charge in [-0.2, -0.15) is 0 Å². The number of tetrazole rings is 1. The van der Waals surface area contributed by atoms with E-state index in [9.17, 15) is 4.39 Å². The molecule has 2 heterocycles. The molecule has 168 valence electrons. The normalized spacial score (nSPS) is 15.5. The topological polar surface area (TPSA) is 50.1 Å². The van der Waals surface area contributed by atoms with E-state index in [1.54, 1.807) is 6.07 Å². The molecule has 1 fully saturated rings. The van der Waals surface area contributed by atoms with Gasteiger partial charge in [0.2, 0.25) is 0 Å². The van der Waals surface area contributed by atoms with Crippen molar-refractivity contribution in [2.24, 2.45) is 0 Å². The highest BCUT2D eigenvalue weighted by Gasteiger charge is 2.31. The molecule has 0 amide bonds. The van der Waals surface area contributed by atoms with Gasteiger partial charge in [0.25, 0.3) is 0 Å². The summed E-state index contributed by atoms with van der Waals surface area (Å²) in [5.41, 5.74) is 2.85. The Bertz CT molecular complexity index is 1190. The molecule has 4 aromatic rings. The Morgan fingerprint density at radius 1 is 0.848 bits per heavy atom. The summed E-state index contributed by atoms with van der Waals surface area (Å²) in [6.07, 6.45) is 0. The van der Waals surface area contributed by atoms with Crippen LogP contribution in [0.15, 0.2) is 78.9 Å². The molecule has 0 spiro atoms. The molecule has 1 saturated heterocycles. The molecule has 1 aliphatic rings. The fourth-order valence-electron chi connectivity index (χ4n) is 4.37. The van der Waals surface area contributed by atoms with Crippen LogP contribution in [0.25, 0.3) is 0 Å². The SMILES string of the molecule is Fc1ccccc1N1CCN([C@@H](c2ccc(Cl)cc2)c2nnnn2Cc2ccccc2)CC1. The van der Waals surface area contributed by atoms with E-state index >= 15 is 0 Å². The second kappa shape index (κ2) is 9.68. The van der Waals surface area contributed by atoms with Gasteiger partial charge in [0.15, 0.2) is 5.82 Å². The summed E-state index contributed by atoms with van der Waals surface area (Å²) in [6, 6.07) is 24.8. The van der Waals surface area contributed by atoms with Crippen LogP contribution in [-0.2, 0) is 6.54 Å². The van der Waals surface area contributed by atoms with Crippen LogP contribution in [0.5, 0.6) is 0 Å². The van der Waals surface area contributed by atoms with E-state index in [4.69, 9.17) is 11.6 Å². The van der Waals surface area contributed by atoms with E-state index in [0.29, 0.717) is 30.3 Å². The van der Waals surface area contributed by atoms with E-state index < -0.39 is 0 Å². The highest BCUT2D eigenvalue weighted by atomic mass is 35.5. The van der Waals surface area contributed by atoms with Crippen LogP contribution in [0.3, 0.4) is 0 Å². The van der Waals surface area contributed by atoms with Gasteiger partial charge in [0.1, 0.15) is 5.82 Å². The van der Waals surface area contributed by atoms with Crippen molar-refractivity contribution in [2.75, 3.05) is 31.1 Å². The first-order valence-electron chi connectivity index (χ1n) is 11.0. The van der Waals surface area contributed by atoms with Gasteiger partial charge in [-0.05, 0) is 45.8 Å². The van der Waals surface area contributed by atoms with E-state index in [1.807, 2.05) is 59.3 Å². The minimum absolute atomic E-state index is 0.135. The first-order valence-corrected chi connectivity index (χ1v) is 11.4. The van der Waals surface area contributed by atoms with Crippen LogP contribution in [0.1, 0.15) is 23.0 Å². The van der Waals surface area contributed by atoms with Crippen molar-refractivity contribution >= 4 is 17.3 Å². The fourth-order valence-corrected chi connectivity index (χ4v) is 4.50. The predicted molar refractivity (Wildman–Crippen MR) is 127 cm³/mol. The van der Waals surface area contributed by atoms with Crippen molar-refractivity contribution in [3.05, 3.63) is 107 Å². The molecule has 3 aromatic carbocycles. The number of anilines is 1. The van der Waals surface area contributed by atoms with Crippen LogP contribution < -0.4 is 4.90 Å². The van der Waals surface area contributed by atoms with Crippen molar-refractivity contribution in [3.63, 3.8) is 0 Å². The number of aromatic nitrogens is 4. The molecule has 1 aliphatic heterocycles. The number of halogens is 2. The number of nitrogens with zero attached hydrogens (tertiary/aromatic N) is 6. The standard InChI is InChI=1S/C25H24ClFN6/c26-21-12-10-20(11-13-21)24(25-28-29-30-33(25)18-19-6-2-1-3-7-19)32-16-14-31(15-17-32)23-9-5-4-8-22(23)27/h1-13,24H,14-18H2/t24-/m0/s1. The average Bonchev–Trinajstić information content (AvgIpc) is 3.29. The average molecular weight is 463 g/mol. The van der Waals surface area contributed by atoms with Crippen LogP contribution in [-0.4, -0.2) is 51.3 Å². The number of hydrogen-bond acceptors (Lipinski definition) is 5. The molecule has 0 unspecified atom stereocenters. The minimum Gasteiger partial charge on any atom is -0.367 e. The lowest BCUT2D eigenvalue weighted by Gasteiger charge is -2.40. The second-order valence-electron chi connectivity index (χ2n) is 8.11. The summed E-state index contributed by atoms with van der Waals surface area (Å²) < 4.78 is 16.2. The number of hydrogen-bond donors (Lipinski definition) is 0. The third-order valence-corrected chi connectivity index (χ3v) is 6.29. The van der Waals surface area contributed by atoms with Crippen molar-refractivity contribution in [3.8, 4) is 0 Å². The largest absolute Gasteiger partial charge is 0.367 e. The van der Waals surface area contributed by atoms with E-state index in [-0.39, 0.29) is 11.9 Å². The zero-order valence-electron chi connectivity index (χ0n) is 18.1. The molecule has 33 heavy (non-hydrogen) atoms. The molecular formula is C25H24ClFN6. The van der Waals surface area contributed by atoms with Gasteiger partial charge in [-0.3, -0.25) is 4.90 Å². The quantitative estimate of drug-likeness (QED) is 0.424. The summed E-state index contributed by atoms with van der Waals surface area (Å²) in [5, 5.41) is 13.4. The van der Waals surface area contributed by atoms with E-state index in [2.05, 4.69) is 37.5 Å². The van der Waals surface area contributed by atoms with E-state index in [1.165, 1.54) is 6.07 Å². The molecule has 0 N–H and O–H groups in total. The molecule has 8 heteroatoms. The Morgan fingerprint density at radius 2 is 1.55 bits per heavy atom. The summed E-state index contributed by atoms with van der Waals surface area (Å²) >= 11 is 6.17. The highest BCUT2D eigenvalue weighted by molar-refractivity contribution is 6.30. The number of benzene rings is 3. The predicted octanol–water partition coefficient (Wildman–Crippen LogP) is 4.43. The molecule has 6 nitrogen and oxygen atoms in total. The molecule has 5 rings (SSSR count). The van der Waals surface area contributed by atoms with Gasteiger partial charge in [-0.15, -0.1) is 5.10 Å². The van der Waals surface area contributed by atoms with Crippen molar-refractivity contribution in [1.29, 1.82) is 0 Å². The first kappa shape index (κ1) is 21.6. The summed E-state index contributed by atoms with van der Waals surface area (Å²) in [7, 11) is 0.